The van der Waals surface area contributed by atoms with Crippen LogP contribution in [0.1, 0.15) is 12.0 Å². The number of halogens is 2. The molecule has 1 saturated carbocycles. The summed E-state index contributed by atoms with van der Waals surface area (Å²) in [6.07, 6.45) is 0.686. The molecule has 0 aromatic heterocycles. The van der Waals surface area contributed by atoms with E-state index in [4.69, 9.17) is 32.7 Å². The Bertz CT molecular complexity index is 636. The van der Waals surface area contributed by atoms with Crippen molar-refractivity contribution in [3.05, 3.63) is 27.8 Å². The van der Waals surface area contributed by atoms with Crippen molar-refractivity contribution in [1.29, 1.82) is 0 Å². The van der Waals surface area contributed by atoms with Gasteiger partial charge in [0.2, 0.25) is 5.91 Å². The maximum absolute atomic E-state index is 11.8. The van der Waals surface area contributed by atoms with Crippen molar-refractivity contribution in [1.82, 2.24) is 5.32 Å². The zero-order valence-corrected chi connectivity index (χ0v) is 14.1. The lowest BCUT2D eigenvalue weighted by Gasteiger charge is -2.11. The summed E-state index contributed by atoms with van der Waals surface area (Å²) in [4.78, 5) is 22.5. The molecule has 2 rings (SSSR count). The van der Waals surface area contributed by atoms with Crippen LogP contribution in [-0.2, 0) is 11.2 Å². The van der Waals surface area contributed by atoms with Crippen LogP contribution in [0.2, 0.25) is 0 Å². The van der Waals surface area contributed by atoms with E-state index in [-0.39, 0.29) is 30.3 Å². The van der Waals surface area contributed by atoms with E-state index in [2.05, 4.69) is 5.32 Å². The Balaban J connectivity index is 2.06. The number of hydrogen-bond acceptors (Lipinski definition) is 5. The molecule has 1 aliphatic carbocycles. The highest BCUT2D eigenvalue weighted by Gasteiger charge is 2.56. The molecule has 126 valence electrons. The van der Waals surface area contributed by atoms with Gasteiger partial charge in [-0.1, -0.05) is 0 Å². The first-order valence-corrected chi connectivity index (χ1v) is 7.60. The van der Waals surface area contributed by atoms with Crippen LogP contribution in [0, 0.1) is 16.0 Å². The van der Waals surface area contributed by atoms with Crippen LogP contribution >= 0.6 is 23.2 Å². The van der Waals surface area contributed by atoms with Gasteiger partial charge in [-0.15, -0.1) is 23.2 Å². The number of rotatable bonds is 7. The smallest absolute Gasteiger partial charge is 0.276 e. The number of methoxy groups -OCH3 is 2. The Labute approximate surface area is 143 Å². The second-order valence-electron chi connectivity index (χ2n) is 5.15. The molecule has 0 saturated heterocycles. The molecule has 1 aliphatic rings. The number of ether oxygens (including phenoxy) is 2. The van der Waals surface area contributed by atoms with Crippen LogP contribution in [-0.4, -0.2) is 35.9 Å². The molecule has 1 atom stereocenters. The van der Waals surface area contributed by atoms with Crippen molar-refractivity contribution in [2.75, 3.05) is 20.8 Å². The third-order valence-corrected chi connectivity index (χ3v) is 4.45. The Kier molecular flexibility index (Phi) is 5.21. The molecule has 0 spiro atoms. The van der Waals surface area contributed by atoms with Gasteiger partial charge in [0.05, 0.1) is 31.1 Å². The van der Waals surface area contributed by atoms with Crippen molar-refractivity contribution < 1.29 is 19.2 Å². The van der Waals surface area contributed by atoms with E-state index in [1.54, 1.807) is 0 Å². The molecule has 7 nitrogen and oxygen atoms in total. The largest absolute Gasteiger partial charge is 0.493 e. The fourth-order valence-electron chi connectivity index (χ4n) is 2.22. The van der Waals surface area contributed by atoms with Gasteiger partial charge < -0.3 is 14.8 Å². The molecule has 1 amide bonds. The first kappa shape index (κ1) is 17.6. The van der Waals surface area contributed by atoms with Crippen molar-refractivity contribution in [3.8, 4) is 11.5 Å². The predicted octanol–water partition coefficient (Wildman–Crippen LogP) is 2.46. The number of nitro benzene ring substituents is 1. The summed E-state index contributed by atoms with van der Waals surface area (Å²) in [5, 5.41) is 13.9. The molecule has 1 aromatic carbocycles. The van der Waals surface area contributed by atoms with E-state index < -0.39 is 15.2 Å². The molecule has 0 radical (unpaired) electrons. The molecule has 23 heavy (non-hydrogen) atoms. The van der Waals surface area contributed by atoms with E-state index in [0.29, 0.717) is 17.7 Å². The number of hydrogen-bond donors (Lipinski definition) is 1. The van der Waals surface area contributed by atoms with Crippen molar-refractivity contribution in [2.45, 2.75) is 17.2 Å². The number of nitrogens with zero attached hydrogens (tertiary/aromatic N) is 1. The SMILES string of the molecule is COc1cc(CCNC(=O)C2CC2(Cl)Cl)c([N+](=O)[O-])cc1OC. The van der Waals surface area contributed by atoms with E-state index in [9.17, 15) is 14.9 Å². The molecule has 1 fully saturated rings. The van der Waals surface area contributed by atoms with Crippen LogP contribution in [0.3, 0.4) is 0 Å². The Morgan fingerprint density at radius 2 is 1.96 bits per heavy atom. The molecule has 9 heteroatoms. The van der Waals surface area contributed by atoms with Gasteiger partial charge in [0.15, 0.2) is 11.5 Å². The van der Waals surface area contributed by atoms with Crippen molar-refractivity contribution >= 4 is 34.8 Å². The second kappa shape index (κ2) is 6.80. The zero-order chi connectivity index (χ0) is 17.2. The Hall–Kier alpha value is -1.73. The number of alkyl halides is 2. The number of carbonyl (C=O) groups is 1. The van der Waals surface area contributed by atoms with Gasteiger partial charge in [0.25, 0.3) is 5.69 Å². The first-order valence-electron chi connectivity index (χ1n) is 6.85. The van der Waals surface area contributed by atoms with E-state index >= 15 is 0 Å². The normalized spacial score (nSPS) is 18.2. The predicted molar refractivity (Wildman–Crippen MR) is 85.5 cm³/mol. The van der Waals surface area contributed by atoms with Gasteiger partial charge >= 0.3 is 0 Å². The monoisotopic (exact) mass is 362 g/mol. The minimum Gasteiger partial charge on any atom is -0.493 e. The highest BCUT2D eigenvalue weighted by atomic mass is 35.5. The lowest BCUT2D eigenvalue weighted by molar-refractivity contribution is -0.385. The lowest BCUT2D eigenvalue weighted by atomic mass is 10.1. The third-order valence-electron chi connectivity index (χ3n) is 3.62. The van der Waals surface area contributed by atoms with E-state index in [0.717, 1.165) is 0 Å². The third kappa shape index (κ3) is 3.97. The molecule has 0 bridgehead atoms. The number of amides is 1. The van der Waals surface area contributed by atoms with E-state index in [1.807, 2.05) is 0 Å². The van der Waals surface area contributed by atoms with Crippen LogP contribution in [0.4, 0.5) is 5.69 Å². The molecule has 1 N–H and O–H groups in total. The summed E-state index contributed by atoms with van der Waals surface area (Å²) >= 11 is 11.6. The highest BCUT2D eigenvalue weighted by Crippen LogP contribution is 2.53. The Morgan fingerprint density at radius 1 is 1.39 bits per heavy atom. The molecule has 1 unspecified atom stereocenters. The maximum atomic E-state index is 11.8. The van der Waals surface area contributed by atoms with Gasteiger partial charge in [0.1, 0.15) is 4.33 Å². The minimum atomic E-state index is -0.987. The standard InChI is InChI=1S/C14H16Cl2N2O5/c1-22-11-5-8(10(18(20)21)6-12(11)23-2)3-4-17-13(19)9-7-14(9,15)16/h5-6,9H,3-4,7H2,1-2H3,(H,17,19). The topological polar surface area (TPSA) is 90.7 Å². The zero-order valence-electron chi connectivity index (χ0n) is 12.6. The van der Waals surface area contributed by atoms with Crippen LogP contribution in [0.5, 0.6) is 11.5 Å². The second-order valence-corrected chi connectivity index (χ2v) is 6.69. The summed E-state index contributed by atoms with van der Waals surface area (Å²) in [7, 11) is 2.85. The van der Waals surface area contributed by atoms with Crippen molar-refractivity contribution in [2.24, 2.45) is 5.92 Å². The first-order chi connectivity index (χ1) is 10.8. The summed E-state index contributed by atoms with van der Waals surface area (Å²) in [6, 6.07) is 2.84. The van der Waals surface area contributed by atoms with Gasteiger partial charge in [-0.25, -0.2) is 0 Å². The molecule has 0 heterocycles. The average molecular weight is 363 g/mol. The number of benzene rings is 1. The summed E-state index contributed by atoms with van der Waals surface area (Å²) in [6.45, 7) is 0.232. The average Bonchev–Trinajstić information content (AvgIpc) is 3.15. The van der Waals surface area contributed by atoms with Crippen LogP contribution in [0.25, 0.3) is 0 Å². The highest BCUT2D eigenvalue weighted by molar-refractivity contribution is 6.52. The van der Waals surface area contributed by atoms with E-state index in [1.165, 1.54) is 26.4 Å². The minimum absolute atomic E-state index is 0.0904. The number of nitro groups is 1. The number of carbonyl (C=O) groups excluding carboxylic acids is 1. The van der Waals surface area contributed by atoms with Crippen LogP contribution < -0.4 is 14.8 Å². The molecule has 0 aliphatic heterocycles. The lowest BCUT2D eigenvalue weighted by Crippen LogP contribution is -2.28. The molecule has 1 aromatic rings. The van der Waals surface area contributed by atoms with Crippen LogP contribution in [0.15, 0.2) is 12.1 Å². The maximum Gasteiger partial charge on any atom is 0.276 e. The van der Waals surface area contributed by atoms with Gasteiger partial charge in [0, 0.05) is 12.1 Å². The van der Waals surface area contributed by atoms with Gasteiger partial charge in [-0.2, -0.15) is 0 Å². The molecular weight excluding hydrogens is 347 g/mol. The Morgan fingerprint density at radius 3 is 2.43 bits per heavy atom. The summed E-state index contributed by atoms with van der Waals surface area (Å²) in [5.41, 5.74) is 0.346. The molecular formula is C14H16Cl2N2O5. The summed E-state index contributed by atoms with van der Waals surface area (Å²) in [5.74, 6) is -0.00876. The van der Waals surface area contributed by atoms with Crippen molar-refractivity contribution in [3.63, 3.8) is 0 Å². The fraction of sp³-hybridized carbons (Fsp3) is 0.500. The summed E-state index contributed by atoms with van der Waals surface area (Å²) < 4.78 is 9.22. The fourth-order valence-corrected chi connectivity index (χ4v) is 2.73. The van der Waals surface area contributed by atoms with Gasteiger partial charge in [-0.05, 0) is 18.9 Å². The quantitative estimate of drug-likeness (QED) is 0.457. The van der Waals surface area contributed by atoms with Gasteiger partial charge in [-0.3, -0.25) is 14.9 Å². The number of nitrogens with one attached hydrogen (secondary N) is 1.